The maximum absolute atomic E-state index is 12.3. The number of carbonyl (C=O) groups excluding carboxylic acids is 1. The zero-order chi connectivity index (χ0) is 12.4. The van der Waals surface area contributed by atoms with Crippen molar-refractivity contribution in [2.45, 2.75) is 32.7 Å². The topological polar surface area (TPSA) is 75.0 Å². The van der Waals surface area contributed by atoms with Gasteiger partial charge in [0, 0.05) is 18.3 Å². The second-order valence-corrected chi connectivity index (χ2v) is 4.92. The van der Waals surface area contributed by atoms with E-state index >= 15 is 0 Å². The number of piperidine rings is 1. The van der Waals surface area contributed by atoms with Gasteiger partial charge in [0.1, 0.15) is 5.69 Å². The lowest BCUT2D eigenvalue weighted by molar-refractivity contribution is 0.0561. The van der Waals surface area contributed by atoms with E-state index in [4.69, 9.17) is 5.73 Å². The quantitative estimate of drug-likeness (QED) is 0.801. The van der Waals surface area contributed by atoms with Crippen molar-refractivity contribution in [2.24, 2.45) is 11.7 Å². The van der Waals surface area contributed by atoms with Crippen molar-refractivity contribution >= 4 is 5.91 Å². The number of aromatic nitrogens is 2. The minimum Gasteiger partial charge on any atom is -0.334 e. The number of rotatable bonds is 2. The molecule has 2 atom stereocenters. The lowest BCUT2D eigenvalue weighted by Crippen LogP contribution is -2.47. The third-order valence-electron chi connectivity index (χ3n) is 3.50. The summed E-state index contributed by atoms with van der Waals surface area (Å²) in [7, 11) is 0. The minimum atomic E-state index is 0.0139. The van der Waals surface area contributed by atoms with E-state index in [1.165, 1.54) is 0 Å². The molecule has 0 bridgehead atoms. The summed E-state index contributed by atoms with van der Waals surface area (Å²) < 4.78 is 0. The second-order valence-electron chi connectivity index (χ2n) is 4.92. The molecule has 0 spiro atoms. The number of aromatic amines is 1. The molecular formula is C12H20N4O. The van der Waals surface area contributed by atoms with Gasteiger partial charge in [-0.15, -0.1) is 0 Å². The largest absolute Gasteiger partial charge is 0.334 e. The zero-order valence-electron chi connectivity index (χ0n) is 10.4. The van der Waals surface area contributed by atoms with Crippen LogP contribution in [0.1, 0.15) is 35.9 Å². The van der Waals surface area contributed by atoms with Crippen LogP contribution in [0.2, 0.25) is 0 Å². The van der Waals surface area contributed by atoms with Gasteiger partial charge >= 0.3 is 0 Å². The van der Waals surface area contributed by atoms with Crippen molar-refractivity contribution in [1.82, 2.24) is 15.1 Å². The number of amides is 1. The predicted octanol–water partition coefficient (Wildman–Crippen LogP) is 0.918. The third-order valence-corrected chi connectivity index (χ3v) is 3.50. The lowest BCUT2D eigenvalue weighted by atomic mass is 9.93. The fraction of sp³-hybridized carbons (Fsp3) is 0.667. The van der Waals surface area contributed by atoms with Crippen molar-refractivity contribution in [1.29, 1.82) is 0 Å². The van der Waals surface area contributed by atoms with Gasteiger partial charge in [-0.05, 0) is 45.2 Å². The number of hydrogen-bond acceptors (Lipinski definition) is 3. The van der Waals surface area contributed by atoms with Gasteiger partial charge in [-0.1, -0.05) is 0 Å². The first kappa shape index (κ1) is 12.1. The first-order chi connectivity index (χ1) is 8.11. The van der Waals surface area contributed by atoms with Crippen LogP contribution in [0.25, 0.3) is 0 Å². The predicted molar refractivity (Wildman–Crippen MR) is 65.6 cm³/mol. The maximum atomic E-state index is 12.3. The van der Waals surface area contributed by atoms with Gasteiger partial charge in [0.05, 0.1) is 0 Å². The van der Waals surface area contributed by atoms with E-state index in [-0.39, 0.29) is 11.9 Å². The summed E-state index contributed by atoms with van der Waals surface area (Å²) in [5, 5.41) is 6.84. The number of nitrogens with two attached hydrogens (primary N) is 1. The highest BCUT2D eigenvalue weighted by Crippen LogP contribution is 2.22. The van der Waals surface area contributed by atoms with E-state index in [0.29, 0.717) is 18.2 Å². The number of H-pyrrole nitrogens is 1. The Morgan fingerprint density at radius 1 is 1.65 bits per heavy atom. The molecule has 0 saturated carbocycles. The monoisotopic (exact) mass is 236 g/mol. The van der Waals surface area contributed by atoms with Crippen molar-refractivity contribution in [3.05, 3.63) is 17.5 Å². The minimum absolute atomic E-state index is 0.0139. The van der Waals surface area contributed by atoms with Crippen LogP contribution in [0, 0.1) is 12.8 Å². The van der Waals surface area contributed by atoms with Crippen molar-refractivity contribution < 1.29 is 4.79 Å². The Kier molecular flexibility index (Phi) is 3.47. The van der Waals surface area contributed by atoms with E-state index in [1.807, 2.05) is 11.8 Å². The molecule has 0 aromatic carbocycles. The fourth-order valence-corrected chi connectivity index (χ4v) is 2.33. The van der Waals surface area contributed by atoms with E-state index in [1.54, 1.807) is 6.07 Å². The number of aryl methyl sites for hydroxylation is 1. The highest BCUT2D eigenvalue weighted by Gasteiger charge is 2.29. The first-order valence-electron chi connectivity index (χ1n) is 6.15. The molecule has 1 amide bonds. The van der Waals surface area contributed by atoms with E-state index in [9.17, 15) is 4.79 Å². The average molecular weight is 236 g/mol. The van der Waals surface area contributed by atoms with Gasteiger partial charge < -0.3 is 10.6 Å². The molecular weight excluding hydrogens is 216 g/mol. The summed E-state index contributed by atoms with van der Waals surface area (Å²) in [5.41, 5.74) is 7.11. The third kappa shape index (κ3) is 2.49. The smallest absolute Gasteiger partial charge is 0.274 e. The Bertz CT molecular complexity index is 401. The van der Waals surface area contributed by atoms with Crippen LogP contribution >= 0.6 is 0 Å². The van der Waals surface area contributed by atoms with Gasteiger partial charge in [-0.25, -0.2) is 0 Å². The number of nitrogens with zero attached hydrogens (tertiary/aromatic N) is 2. The number of likely N-dealkylation sites (tertiary alicyclic amines) is 1. The van der Waals surface area contributed by atoms with Gasteiger partial charge in [-0.3, -0.25) is 9.89 Å². The lowest BCUT2D eigenvalue weighted by Gasteiger charge is -2.37. The Labute approximate surface area is 101 Å². The molecule has 5 heteroatoms. The first-order valence-corrected chi connectivity index (χ1v) is 6.15. The molecule has 1 aromatic heterocycles. The molecule has 5 nitrogen and oxygen atoms in total. The normalized spacial score (nSPS) is 25.0. The van der Waals surface area contributed by atoms with E-state index in [2.05, 4.69) is 17.1 Å². The highest BCUT2D eigenvalue weighted by molar-refractivity contribution is 5.92. The molecule has 94 valence electrons. The summed E-state index contributed by atoms with van der Waals surface area (Å²) in [6.07, 6.45) is 2.14. The standard InChI is InChI=1S/C12H20N4O/c1-8-5-11(15-14-8)12(17)16-7-10(6-13)4-3-9(16)2/h5,9-10H,3-4,6-7,13H2,1-2H3,(H,14,15). The van der Waals surface area contributed by atoms with E-state index < -0.39 is 0 Å². The summed E-state index contributed by atoms with van der Waals surface area (Å²) >= 11 is 0. The van der Waals surface area contributed by atoms with Gasteiger partial charge in [0.25, 0.3) is 5.91 Å². The van der Waals surface area contributed by atoms with Crippen molar-refractivity contribution in [3.63, 3.8) is 0 Å². The molecule has 1 fully saturated rings. The van der Waals surface area contributed by atoms with Gasteiger partial charge in [0.2, 0.25) is 0 Å². The number of hydrogen-bond donors (Lipinski definition) is 2. The summed E-state index contributed by atoms with van der Waals surface area (Å²) in [5.74, 6) is 0.440. The molecule has 2 rings (SSSR count). The van der Waals surface area contributed by atoms with Crippen LogP contribution in [-0.4, -0.2) is 40.1 Å². The molecule has 2 heterocycles. The van der Waals surface area contributed by atoms with Crippen LogP contribution in [-0.2, 0) is 0 Å². The Hall–Kier alpha value is -1.36. The average Bonchev–Trinajstić information content (AvgIpc) is 2.76. The number of carbonyl (C=O) groups is 1. The van der Waals surface area contributed by atoms with Crippen LogP contribution < -0.4 is 5.73 Å². The molecule has 1 saturated heterocycles. The molecule has 1 aliphatic rings. The Balaban J connectivity index is 2.12. The van der Waals surface area contributed by atoms with Crippen LogP contribution in [0.15, 0.2) is 6.07 Å². The van der Waals surface area contributed by atoms with Gasteiger partial charge in [0.15, 0.2) is 0 Å². The van der Waals surface area contributed by atoms with Crippen molar-refractivity contribution in [3.8, 4) is 0 Å². The van der Waals surface area contributed by atoms with Crippen LogP contribution in [0.3, 0.4) is 0 Å². The zero-order valence-corrected chi connectivity index (χ0v) is 10.4. The molecule has 1 aromatic rings. The molecule has 0 aliphatic carbocycles. The van der Waals surface area contributed by atoms with E-state index in [0.717, 1.165) is 25.1 Å². The molecule has 1 aliphatic heterocycles. The SMILES string of the molecule is Cc1cc(C(=O)N2CC(CN)CCC2C)n[nH]1. The summed E-state index contributed by atoms with van der Waals surface area (Å²) in [6, 6.07) is 2.07. The Morgan fingerprint density at radius 3 is 3.00 bits per heavy atom. The Morgan fingerprint density at radius 2 is 2.41 bits per heavy atom. The van der Waals surface area contributed by atoms with Crippen LogP contribution in [0.5, 0.6) is 0 Å². The number of nitrogens with one attached hydrogen (secondary N) is 1. The summed E-state index contributed by atoms with van der Waals surface area (Å²) in [4.78, 5) is 14.2. The van der Waals surface area contributed by atoms with Crippen molar-refractivity contribution in [2.75, 3.05) is 13.1 Å². The van der Waals surface area contributed by atoms with Gasteiger partial charge in [-0.2, -0.15) is 5.10 Å². The molecule has 2 unspecified atom stereocenters. The molecule has 0 radical (unpaired) electrons. The summed E-state index contributed by atoms with van der Waals surface area (Å²) in [6.45, 7) is 5.38. The fourth-order valence-electron chi connectivity index (χ4n) is 2.33. The molecule has 17 heavy (non-hydrogen) atoms. The second kappa shape index (κ2) is 4.87. The molecule has 3 N–H and O–H groups in total. The highest BCUT2D eigenvalue weighted by atomic mass is 16.2. The van der Waals surface area contributed by atoms with Crippen LogP contribution in [0.4, 0.5) is 0 Å². The maximum Gasteiger partial charge on any atom is 0.274 e.